The molecule has 0 bridgehead atoms. The van der Waals surface area contributed by atoms with Crippen LogP contribution in [0.2, 0.25) is 0 Å². The van der Waals surface area contributed by atoms with Crippen LogP contribution >= 0.6 is 12.6 Å². The first-order valence-electron chi connectivity index (χ1n) is 16.0. The molecule has 0 aliphatic heterocycles. The molecule has 0 aromatic heterocycles. The molecule has 0 aromatic rings. The van der Waals surface area contributed by atoms with Crippen LogP contribution in [0.15, 0.2) is 0 Å². The maximum absolute atomic E-state index is 10.6. The third kappa shape index (κ3) is 36.1. The van der Waals surface area contributed by atoms with Crippen molar-refractivity contribution >= 4 is 18.6 Å². The van der Waals surface area contributed by atoms with E-state index in [9.17, 15) is 4.79 Å². The number of thiol groups is 1. The quantitative estimate of drug-likeness (QED) is 0.0844. The molecular weight excluding hydrogens is 448 g/mol. The van der Waals surface area contributed by atoms with Crippen LogP contribution in [0.1, 0.15) is 194 Å². The molecule has 0 spiro atoms. The van der Waals surface area contributed by atoms with Crippen molar-refractivity contribution in [3.05, 3.63) is 0 Å². The van der Waals surface area contributed by atoms with Crippen LogP contribution in [0.5, 0.6) is 0 Å². The second kappa shape index (κ2) is 33.8. The Labute approximate surface area is 227 Å². The van der Waals surface area contributed by atoms with Gasteiger partial charge in [0.25, 0.3) is 0 Å². The van der Waals surface area contributed by atoms with Crippen molar-refractivity contribution in [2.24, 2.45) is 0 Å². The van der Waals surface area contributed by atoms with E-state index in [0.717, 1.165) is 12.8 Å². The Morgan fingerprint density at radius 3 is 0.857 bits per heavy atom. The van der Waals surface area contributed by atoms with E-state index in [4.69, 9.17) is 5.11 Å². The van der Waals surface area contributed by atoms with Gasteiger partial charge in [0.1, 0.15) is 0 Å². The number of unbranched alkanes of at least 4 members (excludes halogenated alkanes) is 24. The highest BCUT2D eigenvalue weighted by Gasteiger charge is 2.10. The van der Waals surface area contributed by atoms with E-state index in [1.54, 1.807) is 0 Å². The number of carbonyl (C=O) groups is 1. The lowest BCUT2D eigenvalue weighted by Crippen LogP contribution is -2.12. The second-order valence-corrected chi connectivity index (χ2v) is 11.4. The third-order valence-electron chi connectivity index (χ3n) is 7.07. The topological polar surface area (TPSA) is 37.3 Å². The van der Waals surface area contributed by atoms with Gasteiger partial charge in [-0.2, -0.15) is 12.6 Å². The molecule has 1 unspecified atom stereocenters. The van der Waals surface area contributed by atoms with Gasteiger partial charge in [0.2, 0.25) is 0 Å². The van der Waals surface area contributed by atoms with Crippen molar-refractivity contribution in [3.63, 3.8) is 0 Å². The molecule has 0 rings (SSSR count). The average Bonchev–Trinajstić information content (AvgIpc) is 2.85. The Hall–Kier alpha value is -0.180. The standard InChI is InChI=1S/C16H32O2S.C16H34/c1-2-3-4-5-6-7-8-9-10-11-12-13-14-15(19)16(17)18;1-3-5-7-9-11-13-15-16-14-12-10-8-6-4-2/h15,19H,2-14H2,1H3,(H,17,18);3-16H2,1-2H3. The summed E-state index contributed by atoms with van der Waals surface area (Å²) in [6.07, 6.45) is 36.9. The van der Waals surface area contributed by atoms with Crippen LogP contribution in [0, 0.1) is 0 Å². The van der Waals surface area contributed by atoms with Crippen LogP contribution in [0.25, 0.3) is 0 Å². The molecule has 0 amide bonds. The lowest BCUT2D eigenvalue weighted by atomic mass is 10.0. The number of rotatable bonds is 27. The summed E-state index contributed by atoms with van der Waals surface area (Å²) in [6.45, 7) is 6.84. The summed E-state index contributed by atoms with van der Waals surface area (Å²) in [5.41, 5.74) is 0. The van der Waals surface area contributed by atoms with E-state index in [-0.39, 0.29) is 0 Å². The maximum atomic E-state index is 10.6. The minimum atomic E-state index is -0.786. The van der Waals surface area contributed by atoms with E-state index in [2.05, 4.69) is 33.4 Å². The number of hydrogen-bond donors (Lipinski definition) is 2. The van der Waals surface area contributed by atoms with Gasteiger partial charge in [0, 0.05) is 0 Å². The van der Waals surface area contributed by atoms with Gasteiger partial charge < -0.3 is 5.11 Å². The minimum Gasteiger partial charge on any atom is -0.480 e. The molecule has 2 nitrogen and oxygen atoms in total. The smallest absolute Gasteiger partial charge is 0.316 e. The predicted molar refractivity (Wildman–Crippen MR) is 162 cm³/mol. The molecule has 0 aliphatic carbocycles. The Kier molecular flexibility index (Phi) is 35.7. The summed E-state index contributed by atoms with van der Waals surface area (Å²) < 4.78 is 0. The molecule has 0 saturated carbocycles. The van der Waals surface area contributed by atoms with Gasteiger partial charge in [0.15, 0.2) is 0 Å². The molecule has 1 N–H and O–H groups in total. The Morgan fingerprint density at radius 2 is 0.657 bits per heavy atom. The molecule has 0 saturated heterocycles. The van der Waals surface area contributed by atoms with Crippen LogP contribution in [0.3, 0.4) is 0 Å². The number of carboxylic acids is 1. The minimum absolute atomic E-state index is 0.469. The van der Waals surface area contributed by atoms with Crippen molar-refractivity contribution in [1.29, 1.82) is 0 Å². The largest absolute Gasteiger partial charge is 0.480 e. The first kappa shape index (κ1) is 37.0. The maximum Gasteiger partial charge on any atom is 0.316 e. The van der Waals surface area contributed by atoms with Crippen molar-refractivity contribution in [3.8, 4) is 0 Å². The van der Waals surface area contributed by atoms with Crippen molar-refractivity contribution in [1.82, 2.24) is 0 Å². The zero-order valence-corrected chi connectivity index (χ0v) is 25.4. The van der Waals surface area contributed by atoms with Gasteiger partial charge in [-0.1, -0.05) is 188 Å². The van der Waals surface area contributed by atoms with E-state index < -0.39 is 11.2 Å². The fourth-order valence-electron chi connectivity index (χ4n) is 4.57. The first-order valence-corrected chi connectivity index (χ1v) is 16.5. The van der Waals surface area contributed by atoms with Crippen molar-refractivity contribution < 1.29 is 9.90 Å². The van der Waals surface area contributed by atoms with Gasteiger partial charge >= 0.3 is 5.97 Å². The van der Waals surface area contributed by atoms with E-state index >= 15 is 0 Å². The summed E-state index contributed by atoms with van der Waals surface area (Å²) >= 11 is 4.03. The monoisotopic (exact) mass is 514 g/mol. The summed E-state index contributed by atoms with van der Waals surface area (Å²) in [7, 11) is 0. The summed E-state index contributed by atoms with van der Waals surface area (Å²) in [5, 5.41) is 8.21. The van der Waals surface area contributed by atoms with Gasteiger partial charge in [-0.05, 0) is 6.42 Å². The molecule has 0 aromatic carbocycles. The van der Waals surface area contributed by atoms with Crippen LogP contribution < -0.4 is 0 Å². The molecule has 1 atom stereocenters. The van der Waals surface area contributed by atoms with Crippen molar-refractivity contribution in [2.75, 3.05) is 0 Å². The van der Waals surface area contributed by atoms with E-state index in [1.165, 1.54) is 154 Å². The Balaban J connectivity index is 0. The lowest BCUT2D eigenvalue weighted by molar-refractivity contribution is -0.136. The number of carboxylic acid groups (broad SMARTS) is 1. The van der Waals surface area contributed by atoms with Gasteiger partial charge in [-0.3, -0.25) is 4.79 Å². The molecule has 35 heavy (non-hydrogen) atoms. The highest BCUT2D eigenvalue weighted by molar-refractivity contribution is 7.81. The molecular formula is C32H66O2S. The van der Waals surface area contributed by atoms with E-state index in [0.29, 0.717) is 6.42 Å². The zero-order valence-electron chi connectivity index (χ0n) is 24.5. The fourth-order valence-corrected chi connectivity index (χ4v) is 4.75. The fraction of sp³-hybridized carbons (Fsp3) is 0.969. The summed E-state index contributed by atoms with van der Waals surface area (Å²) in [4.78, 5) is 10.6. The average molecular weight is 515 g/mol. The normalized spacial score (nSPS) is 11.8. The van der Waals surface area contributed by atoms with Crippen LogP contribution in [0.4, 0.5) is 0 Å². The van der Waals surface area contributed by atoms with Gasteiger partial charge in [-0.15, -0.1) is 0 Å². The number of hydrogen-bond acceptors (Lipinski definition) is 2. The predicted octanol–water partition coefficient (Wildman–Crippen LogP) is 11.9. The second-order valence-electron chi connectivity index (χ2n) is 10.8. The highest BCUT2D eigenvalue weighted by Crippen LogP contribution is 2.15. The lowest BCUT2D eigenvalue weighted by Gasteiger charge is -2.05. The number of aliphatic carboxylic acids is 1. The van der Waals surface area contributed by atoms with Crippen LogP contribution in [-0.2, 0) is 4.79 Å². The Morgan fingerprint density at radius 1 is 0.457 bits per heavy atom. The first-order chi connectivity index (χ1) is 17.1. The molecule has 0 radical (unpaired) electrons. The summed E-state index contributed by atoms with van der Waals surface area (Å²) in [6, 6.07) is 0. The molecule has 0 aliphatic rings. The molecule has 0 heterocycles. The van der Waals surface area contributed by atoms with Gasteiger partial charge in [-0.25, -0.2) is 0 Å². The molecule has 0 fully saturated rings. The highest BCUT2D eigenvalue weighted by atomic mass is 32.1. The van der Waals surface area contributed by atoms with Crippen LogP contribution in [-0.4, -0.2) is 16.3 Å². The van der Waals surface area contributed by atoms with Gasteiger partial charge in [0.05, 0.1) is 5.25 Å². The zero-order chi connectivity index (χ0) is 26.2. The third-order valence-corrected chi connectivity index (χ3v) is 7.55. The van der Waals surface area contributed by atoms with E-state index in [1.807, 2.05) is 0 Å². The molecule has 3 heteroatoms. The van der Waals surface area contributed by atoms with Crippen molar-refractivity contribution in [2.45, 2.75) is 199 Å². The summed E-state index contributed by atoms with van der Waals surface area (Å²) in [5.74, 6) is -0.786. The molecule has 212 valence electrons. The SMILES string of the molecule is CCCCCCCCCCCCCCC(S)C(=O)O.CCCCCCCCCCCCCCCC. The Bertz CT molecular complexity index is 372.